The molecule has 0 bridgehead atoms. The van der Waals surface area contributed by atoms with Gasteiger partial charge in [-0.25, -0.2) is 0 Å². The lowest BCUT2D eigenvalue weighted by Gasteiger charge is -2.24. The molecule has 9 heteroatoms. The molecule has 1 aromatic carbocycles. The topological polar surface area (TPSA) is 59.2 Å². The maximum atomic E-state index is 12.5. The molecule has 0 aliphatic rings. The second kappa shape index (κ2) is 6.57. The third-order valence-corrected chi connectivity index (χ3v) is 3.20. The fraction of sp³-hybridized carbons (Fsp3) is 0.357. The van der Waals surface area contributed by atoms with Crippen molar-refractivity contribution in [2.75, 3.05) is 4.90 Å². The summed E-state index contributed by atoms with van der Waals surface area (Å²) in [7, 11) is 0. The molecule has 0 spiro atoms. The maximum absolute atomic E-state index is 12.5. The van der Waals surface area contributed by atoms with Crippen molar-refractivity contribution in [3.8, 4) is 0 Å². The van der Waals surface area contributed by atoms with E-state index >= 15 is 0 Å². The van der Waals surface area contributed by atoms with Crippen LogP contribution in [0.2, 0.25) is 0 Å². The minimum atomic E-state index is -4.73. The van der Waals surface area contributed by atoms with Crippen LogP contribution in [-0.4, -0.2) is 21.5 Å². The molecule has 1 atom stereocenters. The first-order valence-corrected chi connectivity index (χ1v) is 7.04. The van der Waals surface area contributed by atoms with Gasteiger partial charge in [-0.2, -0.15) is 13.2 Å². The van der Waals surface area contributed by atoms with Crippen LogP contribution in [0.25, 0.3) is 0 Å². The Hall–Kier alpha value is -2.09. The van der Waals surface area contributed by atoms with Gasteiger partial charge in [-0.05, 0) is 25.5 Å². The summed E-state index contributed by atoms with van der Waals surface area (Å²) in [5.41, 5.74) is 1.27. The number of benzene rings is 1. The molecule has 2 aromatic rings. The summed E-state index contributed by atoms with van der Waals surface area (Å²) in [4.78, 5) is 13.5. The number of carbonyl (C=O) groups excluding carboxylic acids is 1. The fourth-order valence-corrected chi connectivity index (χ4v) is 2.05. The van der Waals surface area contributed by atoms with E-state index in [1.54, 1.807) is 31.2 Å². The zero-order valence-corrected chi connectivity index (χ0v) is 13.0. The van der Waals surface area contributed by atoms with Gasteiger partial charge in [0, 0.05) is 5.69 Å². The summed E-state index contributed by atoms with van der Waals surface area (Å²) >= 11 is 5.83. The number of hydrogen-bond donors (Lipinski definition) is 0. The Labute approximate surface area is 135 Å². The zero-order valence-electron chi connectivity index (χ0n) is 12.3. The Morgan fingerprint density at radius 3 is 2.52 bits per heavy atom. The van der Waals surface area contributed by atoms with E-state index in [1.165, 1.54) is 11.8 Å². The molecule has 0 aliphatic carbocycles. The van der Waals surface area contributed by atoms with Crippen LogP contribution in [0.4, 0.5) is 18.9 Å². The summed E-state index contributed by atoms with van der Waals surface area (Å²) in [5, 5.41) is 5.43. The summed E-state index contributed by atoms with van der Waals surface area (Å²) in [6.45, 7) is 2.94. The van der Waals surface area contributed by atoms with Crippen molar-refractivity contribution in [1.29, 1.82) is 0 Å². The van der Waals surface area contributed by atoms with Crippen LogP contribution in [0, 0.1) is 6.92 Å². The van der Waals surface area contributed by atoms with Crippen LogP contribution in [0.5, 0.6) is 0 Å². The van der Waals surface area contributed by atoms with E-state index in [2.05, 4.69) is 14.6 Å². The number of para-hydroxylation sites is 1. The molecule has 2 rings (SSSR count). The highest BCUT2D eigenvalue weighted by Crippen LogP contribution is 2.29. The van der Waals surface area contributed by atoms with E-state index in [-0.39, 0.29) is 12.4 Å². The molecule has 1 amide bonds. The molecule has 124 valence electrons. The molecule has 0 aliphatic heterocycles. The summed E-state index contributed by atoms with van der Waals surface area (Å²) in [6.07, 6.45) is -4.73. The van der Waals surface area contributed by atoms with E-state index in [0.717, 1.165) is 5.56 Å². The number of anilines is 1. The first-order valence-electron chi connectivity index (χ1n) is 6.61. The Kier molecular flexibility index (Phi) is 4.93. The molecular weight excluding hydrogens is 335 g/mol. The van der Waals surface area contributed by atoms with Gasteiger partial charge in [0.05, 0.1) is 0 Å². The summed E-state index contributed by atoms with van der Waals surface area (Å²) in [5.74, 6) is -2.26. The van der Waals surface area contributed by atoms with E-state index in [0.29, 0.717) is 5.69 Å². The SMILES string of the molecule is Cc1ccccc1N(Cc1nnc(C(F)(F)F)o1)C(=O)C(C)Cl. The third-order valence-electron chi connectivity index (χ3n) is 3.02. The highest BCUT2D eigenvalue weighted by Gasteiger charge is 2.38. The van der Waals surface area contributed by atoms with Gasteiger partial charge in [-0.1, -0.05) is 18.2 Å². The van der Waals surface area contributed by atoms with Gasteiger partial charge in [0.25, 0.3) is 0 Å². The van der Waals surface area contributed by atoms with E-state index in [9.17, 15) is 18.0 Å². The van der Waals surface area contributed by atoms with Gasteiger partial charge < -0.3 is 9.32 Å². The lowest BCUT2D eigenvalue weighted by molar-refractivity contribution is -0.157. The largest absolute Gasteiger partial charge is 0.470 e. The molecule has 23 heavy (non-hydrogen) atoms. The van der Waals surface area contributed by atoms with Crippen LogP contribution >= 0.6 is 11.6 Å². The monoisotopic (exact) mass is 347 g/mol. The Bertz CT molecular complexity index is 701. The van der Waals surface area contributed by atoms with Crippen molar-refractivity contribution >= 4 is 23.2 Å². The second-order valence-electron chi connectivity index (χ2n) is 4.83. The number of carbonyl (C=O) groups is 1. The maximum Gasteiger partial charge on any atom is 0.470 e. The number of aryl methyl sites for hydroxylation is 1. The van der Waals surface area contributed by atoms with E-state index in [1.807, 2.05) is 0 Å². The minimum Gasteiger partial charge on any atom is -0.415 e. The lowest BCUT2D eigenvalue weighted by atomic mass is 10.1. The van der Waals surface area contributed by atoms with E-state index in [4.69, 9.17) is 11.6 Å². The zero-order chi connectivity index (χ0) is 17.2. The quantitative estimate of drug-likeness (QED) is 0.793. The van der Waals surface area contributed by atoms with Crippen molar-refractivity contribution in [2.24, 2.45) is 0 Å². The number of hydrogen-bond acceptors (Lipinski definition) is 4. The van der Waals surface area contributed by atoms with Crippen molar-refractivity contribution in [3.63, 3.8) is 0 Å². The first kappa shape index (κ1) is 17.3. The van der Waals surface area contributed by atoms with Gasteiger partial charge >= 0.3 is 12.1 Å². The number of alkyl halides is 4. The van der Waals surface area contributed by atoms with Crippen molar-refractivity contribution < 1.29 is 22.4 Å². The molecule has 0 radical (unpaired) electrons. The van der Waals surface area contributed by atoms with Crippen LogP contribution in [0.15, 0.2) is 28.7 Å². The highest BCUT2D eigenvalue weighted by atomic mass is 35.5. The average Bonchev–Trinajstić information content (AvgIpc) is 2.93. The van der Waals surface area contributed by atoms with Gasteiger partial charge in [0.1, 0.15) is 11.9 Å². The van der Waals surface area contributed by atoms with Gasteiger partial charge in [0.2, 0.25) is 11.8 Å². The van der Waals surface area contributed by atoms with Crippen LogP contribution in [0.1, 0.15) is 24.3 Å². The van der Waals surface area contributed by atoms with Crippen LogP contribution in [0.3, 0.4) is 0 Å². The molecular formula is C14H13ClF3N3O2. The smallest absolute Gasteiger partial charge is 0.415 e. The summed E-state index contributed by atoms with van der Waals surface area (Å²) < 4.78 is 42.1. The highest BCUT2D eigenvalue weighted by molar-refractivity contribution is 6.32. The fourth-order valence-electron chi connectivity index (χ4n) is 1.93. The van der Waals surface area contributed by atoms with Crippen molar-refractivity contribution in [2.45, 2.75) is 31.9 Å². The standard InChI is InChI=1S/C14H13ClF3N3O2/c1-8-5-3-4-6-10(8)21(12(22)9(2)15)7-11-19-20-13(23-11)14(16,17)18/h3-6,9H,7H2,1-2H3. The Balaban J connectivity index is 2.34. The predicted molar refractivity (Wildman–Crippen MR) is 77.0 cm³/mol. The molecule has 1 unspecified atom stereocenters. The van der Waals surface area contributed by atoms with Crippen LogP contribution in [-0.2, 0) is 17.5 Å². The number of nitrogens with zero attached hydrogens (tertiary/aromatic N) is 3. The van der Waals surface area contributed by atoms with Gasteiger partial charge in [-0.15, -0.1) is 21.8 Å². The number of aromatic nitrogens is 2. The molecule has 0 N–H and O–H groups in total. The number of rotatable bonds is 4. The molecule has 0 fully saturated rings. The predicted octanol–water partition coefficient (Wildman–Crippen LogP) is 3.56. The Morgan fingerprint density at radius 1 is 1.35 bits per heavy atom. The normalized spacial score (nSPS) is 13.0. The number of halogens is 4. The minimum absolute atomic E-state index is 0.302. The number of amides is 1. The Morgan fingerprint density at radius 2 is 2.00 bits per heavy atom. The van der Waals surface area contributed by atoms with Crippen molar-refractivity contribution in [3.05, 3.63) is 41.6 Å². The van der Waals surface area contributed by atoms with Gasteiger partial charge in [-0.3, -0.25) is 4.79 Å². The summed E-state index contributed by atoms with van der Waals surface area (Å²) in [6, 6.07) is 6.91. The molecule has 1 aromatic heterocycles. The molecule has 5 nitrogen and oxygen atoms in total. The second-order valence-corrected chi connectivity index (χ2v) is 5.48. The van der Waals surface area contributed by atoms with E-state index < -0.39 is 23.4 Å². The van der Waals surface area contributed by atoms with Gasteiger partial charge in [0.15, 0.2) is 0 Å². The first-order chi connectivity index (χ1) is 10.7. The third kappa shape index (κ3) is 4.01. The van der Waals surface area contributed by atoms with Crippen LogP contribution < -0.4 is 4.90 Å². The molecule has 0 saturated heterocycles. The molecule has 1 heterocycles. The lowest BCUT2D eigenvalue weighted by Crippen LogP contribution is -2.35. The molecule has 0 saturated carbocycles. The average molecular weight is 348 g/mol. The van der Waals surface area contributed by atoms with Crippen molar-refractivity contribution in [1.82, 2.24) is 10.2 Å².